The molecule has 1 unspecified atom stereocenters. The SMILES string of the molecule is Cc1cc(C(=O)NC(C(N)=S)c2cccs2)n(C)n1. The van der Waals surface area contributed by atoms with Gasteiger partial charge in [0.2, 0.25) is 0 Å². The number of rotatable bonds is 4. The molecule has 0 aromatic carbocycles. The quantitative estimate of drug-likeness (QED) is 0.839. The second-order valence-corrected chi connectivity index (χ2v) is 5.57. The second kappa shape index (κ2) is 5.50. The lowest BCUT2D eigenvalue weighted by molar-refractivity contribution is 0.0938. The van der Waals surface area contributed by atoms with Gasteiger partial charge in [-0.05, 0) is 24.4 Å². The van der Waals surface area contributed by atoms with Crippen LogP contribution in [0.1, 0.15) is 27.1 Å². The molecular weight excluding hydrogens is 280 g/mol. The molecule has 0 spiro atoms. The van der Waals surface area contributed by atoms with E-state index in [-0.39, 0.29) is 10.9 Å². The summed E-state index contributed by atoms with van der Waals surface area (Å²) in [7, 11) is 1.73. The van der Waals surface area contributed by atoms with Crippen molar-refractivity contribution in [3.63, 3.8) is 0 Å². The van der Waals surface area contributed by atoms with Gasteiger partial charge in [0, 0.05) is 11.9 Å². The number of amides is 1. The number of hydrogen-bond donors (Lipinski definition) is 2. The lowest BCUT2D eigenvalue weighted by atomic mass is 10.2. The van der Waals surface area contributed by atoms with Crippen LogP contribution in [0.2, 0.25) is 0 Å². The van der Waals surface area contributed by atoms with Gasteiger partial charge in [0.15, 0.2) is 0 Å². The Bertz CT molecular complexity index is 603. The largest absolute Gasteiger partial charge is 0.391 e. The van der Waals surface area contributed by atoms with E-state index in [9.17, 15) is 4.79 Å². The van der Waals surface area contributed by atoms with Crippen LogP contribution in [0.25, 0.3) is 0 Å². The molecule has 0 saturated heterocycles. The van der Waals surface area contributed by atoms with Crippen molar-refractivity contribution >= 4 is 34.5 Å². The molecule has 0 saturated carbocycles. The Labute approximate surface area is 120 Å². The van der Waals surface area contributed by atoms with Gasteiger partial charge in [0.1, 0.15) is 16.7 Å². The fourth-order valence-electron chi connectivity index (χ4n) is 1.77. The summed E-state index contributed by atoms with van der Waals surface area (Å²) in [5, 5.41) is 8.89. The maximum Gasteiger partial charge on any atom is 0.270 e. The lowest BCUT2D eigenvalue weighted by Crippen LogP contribution is -2.36. The highest BCUT2D eigenvalue weighted by atomic mass is 32.1. The van der Waals surface area contributed by atoms with Gasteiger partial charge in [-0.25, -0.2) is 0 Å². The first-order valence-electron chi connectivity index (χ1n) is 5.63. The van der Waals surface area contributed by atoms with E-state index in [2.05, 4.69) is 10.4 Å². The Balaban J connectivity index is 2.21. The first-order chi connectivity index (χ1) is 8.99. The van der Waals surface area contributed by atoms with E-state index in [4.69, 9.17) is 18.0 Å². The predicted molar refractivity (Wildman–Crippen MR) is 79.3 cm³/mol. The summed E-state index contributed by atoms with van der Waals surface area (Å²) in [5.74, 6) is -0.241. The number of aromatic nitrogens is 2. The molecule has 2 aromatic heterocycles. The highest BCUT2D eigenvalue weighted by molar-refractivity contribution is 7.80. The molecule has 0 aliphatic carbocycles. The summed E-state index contributed by atoms with van der Waals surface area (Å²) in [5.41, 5.74) is 6.97. The Morgan fingerprint density at radius 1 is 1.63 bits per heavy atom. The molecule has 19 heavy (non-hydrogen) atoms. The molecule has 0 fully saturated rings. The van der Waals surface area contributed by atoms with Crippen LogP contribution in [-0.2, 0) is 7.05 Å². The van der Waals surface area contributed by atoms with Crippen molar-refractivity contribution in [2.75, 3.05) is 0 Å². The van der Waals surface area contributed by atoms with Crippen molar-refractivity contribution in [3.8, 4) is 0 Å². The minimum atomic E-state index is -0.447. The van der Waals surface area contributed by atoms with Crippen molar-refractivity contribution in [1.29, 1.82) is 0 Å². The van der Waals surface area contributed by atoms with Gasteiger partial charge in [-0.3, -0.25) is 9.48 Å². The van der Waals surface area contributed by atoms with Gasteiger partial charge >= 0.3 is 0 Å². The third-order valence-corrected chi connectivity index (χ3v) is 3.80. The predicted octanol–water partition coefficient (Wildman–Crippen LogP) is 1.55. The van der Waals surface area contributed by atoms with Crippen LogP contribution in [0.4, 0.5) is 0 Å². The molecule has 0 radical (unpaired) electrons. The molecule has 100 valence electrons. The van der Waals surface area contributed by atoms with Crippen LogP contribution < -0.4 is 11.1 Å². The van der Waals surface area contributed by atoms with Crippen LogP contribution in [0, 0.1) is 6.92 Å². The van der Waals surface area contributed by atoms with Crippen molar-refractivity contribution in [2.45, 2.75) is 13.0 Å². The minimum Gasteiger partial charge on any atom is -0.391 e. The van der Waals surface area contributed by atoms with Gasteiger partial charge in [0.25, 0.3) is 5.91 Å². The summed E-state index contributed by atoms with van der Waals surface area (Å²) in [4.78, 5) is 13.4. The Morgan fingerprint density at radius 3 is 2.84 bits per heavy atom. The van der Waals surface area contributed by atoms with Gasteiger partial charge in [-0.15, -0.1) is 11.3 Å². The zero-order valence-corrected chi connectivity index (χ0v) is 12.2. The molecule has 2 rings (SSSR count). The van der Waals surface area contributed by atoms with Gasteiger partial charge in [-0.2, -0.15) is 5.10 Å². The maximum absolute atomic E-state index is 12.2. The highest BCUT2D eigenvalue weighted by Gasteiger charge is 2.21. The number of nitrogens with two attached hydrogens (primary N) is 1. The van der Waals surface area contributed by atoms with E-state index in [1.165, 1.54) is 16.0 Å². The number of nitrogens with zero attached hydrogens (tertiary/aromatic N) is 2. The van der Waals surface area contributed by atoms with Crippen molar-refractivity contribution in [3.05, 3.63) is 39.8 Å². The van der Waals surface area contributed by atoms with E-state index in [1.807, 2.05) is 24.4 Å². The molecule has 0 aliphatic heterocycles. The second-order valence-electron chi connectivity index (χ2n) is 4.12. The van der Waals surface area contributed by atoms with Crippen LogP contribution in [0.3, 0.4) is 0 Å². The molecule has 0 bridgehead atoms. The van der Waals surface area contributed by atoms with Crippen molar-refractivity contribution < 1.29 is 4.79 Å². The lowest BCUT2D eigenvalue weighted by Gasteiger charge is -2.15. The maximum atomic E-state index is 12.2. The van der Waals surface area contributed by atoms with Crippen LogP contribution in [-0.4, -0.2) is 20.7 Å². The molecule has 1 amide bonds. The van der Waals surface area contributed by atoms with Gasteiger partial charge in [0.05, 0.1) is 5.69 Å². The monoisotopic (exact) mass is 294 g/mol. The van der Waals surface area contributed by atoms with E-state index >= 15 is 0 Å². The van der Waals surface area contributed by atoms with Crippen LogP contribution >= 0.6 is 23.6 Å². The fraction of sp³-hybridized carbons (Fsp3) is 0.250. The third kappa shape index (κ3) is 2.99. The molecule has 2 heterocycles. The molecule has 7 heteroatoms. The molecule has 0 aliphatic rings. The summed E-state index contributed by atoms with van der Waals surface area (Å²) in [6.07, 6.45) is 0. The number of thiocarbonyl (C=S) groups is 1. The summed E-state index contributed by atoms with van der Waals surface area (Å²) < 4.78 is 1.54. The average molecular weight is 294 g/mol. The van der Waals surface area contributed by atoms with E-state index < -0.39 is 6.04 Å². The topological polar surface area (TPSA) is 72.9 Å². The number of carbonyl (C=O) groups excluding carboxylic acids is 1. The zero-order valence-electron chi connectivity index (χ0n) is 10.6. The van der Waals surface area contributed by atoms with Crippen molar-refractivity contribution in [2.24, 2.45) is 12.8 Å². The smallest absolute Gasteiger partial charge is 0.270 e. The van der Waals surface area contributed by atoms with Crippen molar-refractivity contribution in [1.82, 2.24) is 15.1 Å². The van der Waals surface area contributed by atoms with Crippen LogP contribution in [0.5, 0.6) is 0 Å². The number of hydrogen-bond acceptors (Lipinski definition) is 4. The summed E-state index contributed by atoms with van der Waals surface area (Å²) in [6.45, 7) is 1.83. The van der Waals surface area contributed by atoms with E-state index in [0.29, 0.717) is 5.69 Å². The van der Waals surface area contributed by atoms with Gasteiger partial charge in [-0.1, -0.05) is 18.3 Å². The molecule has 1 atom stereocenters. The Morgan fingerprint density at radius 2 is 2.37 bits per heavy atom. The Hall–Kier alpha value is -1.73. The average Bonchev–Trinajstić information content (AvgIpc) is 2.95. The summed E-state index contributed by atoms with van der Waals surface area (Å²) >= 11 is 6.52. The molecule has 2 aromatic rings. The van der Waals surface area contributed by atoms with E-state index in [0.717, 1.165) is 10.6 Å². The Kier molecular flexibility index (Phi) is 3.96. The molecular formula is C12H14N4OS2. The first-order valence-corrected chi connectivity index (χ1v) is 6.92. The van der Waals surface area contributed by atoms with E-state index in [1.54, 1.807) is 13.1 Å². The number of aryl methyl sites for hydroxylation is 2. The molecule has 5 nitrogen and oxygen atoms in total. The normalized spacial score (nSPS) is 12.1. The number of thiophene rings is 1. The first kappa shape index (κ1) is 13.7. The standard InChI is InChI=1S/C12H14N4OS2/c1-7-6-8(16(2)15-7)12(17)14-10(11(13)18)9-4-3-5-19-9/h3-6,10H,1-2H3,(H2,13,18)(H,14,17). The minimum absolute atomic E-state index is 0.241. The fourth-order valence-corrected chi connectivity index (χ4v) is 2.82. The zero-order chi connectivity index (χ0) is 14.0. The van der Waals surface area contributed by atoms with Crippen LogP contribution in [0.15, 0.2) is 23.6 Å². The highest BCUT2D eigenvalue weighted by Crippen LogP contribution is 2.19. The number of carbonyl (C=O) groups is 1. The van der Waals surface area contributed by atoms with Gasteiger partial charge < -0.3 is 11.1 Å². The number of nitrogens with one attached hydrogen (secondary N) is 1. The third-order valence-electron chi connectivity index (χ3n) is 2.62. The summed E-state index contributed by atoms with van der Waals surface area (Å²) in [6, 6.07) is 5.06. The molecule has 3 N–H and O–H groups in total.